The third-order valence-electron chi connectivity index (χ3n) is 5.88. The maximum atomic E-state index is 10.8. The number of hydrogen-bond donors (Lipinski definition) is 0. The van der Waals surface area contributed by atoms with Crippen LogP contribution in [0.25, 0.3) is 0 Å². The molecule has 0 aromatic heterocycles. The number of nitrogens with zero attached hydrogens (tertiary/aromatic N) is 2. The molecule has 148 valence electrons. The second kappa shape index (κ2) is 7.28. The third-order valence-corrected chi connectivity index (χ3v) is 6.17. The van der Waals surface area contributed by atoms with Crippen molar-refractivity contribution >= 4 is 28.5 Å². The Morgan fingerprint density at radius 2 is 1.64 bits per heavy atom. The Bertz CT molecular complexity index is 917. The summed E-state index contributed by atoms with van der Waals surface area (Å²) in [7, 11) is 2.17. The van der Waals surface area contributed by atoms with Crippen LogP contribution in [0.2, 0.25) is 0 Å². The zero-order valence-corrected chi connectivity index (χ0v) is 18.1. The molecule has 1 heterocycles. The van der Waals surface area contributed by atoms with Crippen LogP contribution in [0.1, 0.15) is 50.8 Å². The molecule has 0 N–H and O–H groups in total. The zero-order chi connectivity index (χ0) is 20.7. The molecular weight excluding hydrogens is 368 g/mol. The SMILES string of the molecule is CN1c2ccc(CC(=S)Cc3ccc([N+](=O)[O-])cc3)cc2C(C)(C)CC1(C)C. The quantitative estimate of drug-likeness (QED) is 0.372. The van der Waals surface area contributed by atoms with Crippen LogP contribution in [0.5, 0.6) is 0 Å². The predicted molar refractivity (Wildman–Crippen MR) is 120 cm³/mol. The molecule has 4 nitrogen and oxygen atoms in total. The molecule has 28 heavy (non-hydrogen) atoms. The largest absolute Gasteiger partial charge is 0.369 e. The van der Waals surface area contributed by atoms with E-state index in [1.54, 1.807) is 12.1 Å². The molecule has 1 aliphatic rings. The number of benzene rings is 2. The highest BCUT2D eigenvalue weighted by Gasteiger charge is 2.40. The molecule has 0 amide bonds. The van der Waals surface area contributed by atoms with Crippen molar-refractivity contribution in [3.05, 3.63) is 69.3 Å². The Balaban J connectivity index is 1.77. The van der Waals surface area contributed by atoms with Crippen molar-refractivity contribution in [2.75, 3.05) is 11.9 Å². The Hall–Kier alpha value is -2.27. The van der Waals surface area contributed by atoms with Crippen molar-refractivity contribution in [2.45, 2.75) is 57.9 Å². The fourth-order valence-corrected chi connectivity index (χ4v) is 4.74. The first-order chi connectivity index (χ1) is 13.0. The average Bonchev–Trinajstić information content (AvgIpc) is 2.59. The van der Waals surface area contributed by atoms with Gasteiger partial charge in [0.15, 0.2) is 0 Å². The van der Waals surface area contributed by atoms with Crippen LogP contribution in [-0.4, -0.2) is 22.4 Å². The summed E-state index contributed by atoms with van der Waals surface area (Å²) in [5, 5.41) is 10.8. The van der Waals surface area contributed by atoms with Crippen molar-refractivity contribution in [1.82, 2.24) is 0 Å². The predicted octanol–water partition coefficient (Wildman–Crippen LogP) is 5.65. The van der Waals surface area contributed by atoms with Gasteiger partial charge in [-0.3, -0.25) is 10.1 Å². The lowest BCUT2D eigenvalue weighted by Crippen LogP contribution is -2.50. The van der Waals surface area contributed by atoms with Gasteiger partial charge in [-0.05, 0) is 48.4 Å². The first-order valence-corrected chi connectivity index (χ1v) is 10.0. The van der Waals surface area contributed by atoms with Crippen molar-refractivity contribution in [1.29, 1.82) is 0 Å². The van der Waals surface area contributed by atoms with Crippen LogP contribution in [0, 0.1) is 10.1 Å². The van der Waals surface area contributed by atoms with Gasteiger partial charge in [0.2, 0.25) is 0 Å². The van der Waals surface area contributed by atoms with Gasteiger partial charge >= 0.3 is 0 Å². The number of thiocarbonyl (C=S) groups is 1. The van der Waals surface area contributed by atoms with E-state index in [1.165, 1.54) is 28.9 Å². The van der Waals surface area contributed by atoms with E-state index in [1.807, 2.05) is 0 Å². The first-order valence-electron chi connectivity index (χ1n) is 9.62. The van der Waals surface area contributed by atoms with Gasteiger partial charge in [-0.2, -0.15) is 0 Å². The van der Waals surface area contributed by atoms with E-state index in [2.05, 4.69) is 57.8 Å². The van der Waals surface area contributed by atoms with Gasteiger partial charge in [-0.25, -0.2) is 0 Å². The zero-order valence-electron chi connectivity index (χ0n) is 17.3. The number of rotatable bonds is 5. The van der Waals surface area contributed by atoms with Crippen LogP contribution in [0.4, 0.5) is 11.4 Å². The Morgan fingerprint density at radius 1 is 1.07 bits per heavy atom. The lowest BCUT2D eigenvalue weighted by Gasteiger charge is -2.49. The van der Waals surface area contributed by atoms with Crippen LogP contribution >= 0.6 is 12.2 Å². The van der Waals surface area contributed by atoms with Crippen molar-refractivity contribution in [3.8, 4) is 0 Å². The fraction of sp³-hybridized carbons (Fsp3) is 0.435. The molecule has 0 spiro atoms. The number of non-ortho nitro benzene ring substituents is 1. The molecule has 2 aromatic carbocycles. The molecule has 0 unspecified atom stereocenters. The van der Waals surface area contributed by atoms with E-state index < -0.39 is 0 Å². The maximum Gasteiger partial charge on any atom is 0.269 e. The van der Waals surface area contributed by atoms with Crippen LogP contribution in [-0.2, 0) is 18.3 Å². The smallest absolute Gasteiger partial charge is 0.269 e. The number of anilines is 1. The van der Waals surface area contributed by atoms with Gasteiger partial charge in [0.1, 0.15) is 0 Å². The van der Waals surface area contributed by atoms with Crippen LogP contribution in [0.15, 0.2) is 42.5 Å². The number of hydrogen-bond acceptors (Lipinski definition) is 4. The minimum Gasteiger partial charge on any atom is -0.369 e. The van der Waals surface area contributed by atoms with E-state index in [0.717, 1.165) is 23.3 Å². The second-order valence-electron chi connectivity index (χ2n) is 9.10. The Labute approximate surface area is 172 Å². The molecule has 0 bridgehead atoms. The number of nitro benzene ring substituents is 1. The highest BCUT2D eigenvalue weighted by molar-refractivity contribution is 7.80. The number of nitro groups is 1. The molecule has 1 aliphatic heterocycles. The molecule has 2 aromatic rings. The van der Waals surface area contributed by atoms with E-state index in [-0.39, 0.29) is 21.6 Å². The second-order valence-corrected chi connectivity index (χ2v) is 9.68. The van der Waals surface area contributed by atoms with Gasteiger partial charge in [0.05, 0.1) is 4.92 Å². The van der Waals surface area contributed by atoms with E-state index in [0.29, 0.717) is 6.42 Å². The third kappa shape index (κ3) is 4.09. The summed E-state index contributed by atoms with van der Waals surface area (Å²) in [6, 6.07) is 13.4. The van der Waals surface area contributed by atoms with Crippen LogP contribution in [0.3, 0.4) is 0 Å². The maximum absolute atomic E-state index is 10.8. The molecular formula is C23H28N2O2S. The summed E-state index contributed by atoms with van der Waals surface area (Å²) < 4.78 is 0. The lowest BCUT2D eigenvalue weighted by molar-refractivity contribution is -0.384. The summed E-state index contributed by atoms with van der Waals surface area (Å²) in [4.78, 5) is 13.7. The lowest BCUT2D eigenvalue weighted by atomic mass is 9.70. The van der Waals surface area contributed by atoms with Gasteiger partial charge in [-0.1, -0.05) is 50.3 Å². The molecule has 5 heteroatoms. The average molecular weight is 397 g/mol. The standard InChI is InChI=1S/C23H28N2O2S/c1-22(2)15-23(3,4)24(5)21-11-8-17(14-20(21)22)13-19(28)12-16-6-9-18(10-7-16)25(26)27/h6-11,14H,12-13,15H2,1-5H3. The molecule has 0 fully saturated rings. The van der Waals surface area contributed by atoms with Crippen molar-refractivity contribution in [3.63, 3.8) is 0 Å². The summed E-state index contributed by atoms with van der Waals surface area (Å²) in [5.41, 5.74) is 5.27. The fourth-order valence-electron chi connectivity index (χ4n) is 4.40. The minimum absolute atomic E-state index is 0.110. The van der Waals surface area contributed by atoms with E-state index in [9.17, 15) is 10.1 Å². The topological polar surface area (TPSA) is 46.4 Å². The van der Waals surface area contributed by atoms with Gasteiger partial charge in [0.25, 0.3) is 5.69 Å². The van der Waals surface area contributed by atoms with Crippen molar-refractivity contribution < 1.29 is 4.92 Å². The molecule has 0 atom stereocenters. The monoisotopic (exact) mass is 396 g/mol. The highest BCUT2D eigenvalue weighted by Crippen LogP contribution is 2.46. The Morgan fingerprint density at radius 3 is 2.25 bits per heavy atom. The summed E-state index contributed by atoms with van der Waals surface area (Å²) in [6.07, 6.45) is 2.49. The normalized spacial score (nSPS) is 17.1. The van der Waals surface area contributed by atoms with Crippen molar-refractivity contribution in [2.24, 2.45) is 0 Å². The van der Waals surface area contributed by atoms with Crippen LogP contribution < -0.4 is 4.90 Å². The van der Waals surface area contributed by atoms with E-state index >= 15 is 0 Å². The molecule has 0 saturated heterocycles. The number of fused-ring (bicyclic) bond motifs is 1. The highest BCUT2D eigenvalue weighted by atomic mass is 32.1. The summed E-state index contributed by atoms with van der Waals surface area (Å²) in [6.45, 7) is 9.23. The molecule has 0 aliphatic carbocycles. The molecule has 0 radical (unpaired) electrons. The Kier molecular flexibility index (Phi) is 5.32. The van der Waals surface area contributed by atoms with Gasteiger partial charge in [0, 0.05) is 48.1 Å². The molecule has 0 saturated carbocycles. The summed E-state index contributed by atoms with van der Waals surface area (Å²) >= 11 is 5.63. The minimum atomic E-state index is -0.380. The van der Waals surface area contributed by atoms with Gasteiger partial charge in [-0.15, -0.1) is 0 Å². The molecule has 3 rings (SSSR count). The summed E-state index contributed by atoms with van der Waals surface area (Å²) in [5.74, 6) is 0. The first kappa shape index (κ1) is 20.5. The van der Waals surface area contributed by atoms with E-state index in [4.69, 9.17) is 12.2 Å². The van der Waals surface area contributed by atoms with Gasteiger partial charge < -0.3 is 4.90 Å².